The van der Waals surface area contributed by atoms with Gasteiger partial charge in [-0.3, -0.25) is 0 Å². The molecular formula is C22H20. The molecule has 0 fully saturated rings. The molecular weight excluding hydrogens is 264 g/mol. The summed E-state index contributed by atoms with van der Waals surface area (Å²) in [6.45, 7) is 0. The molecule has 0 N–H and O–H groups in total. The van der Waals surface area contributed by atoms with Crippen LogP contribution in [0.4, 0.5) is 0 Å². The van der Waals surface area contributed by atoms with E-state index in [0.717, 1.165) is 12.8 Å². The first-order valence-corrected chi connectivity index (χ1v) is 7.76. The smallest absolute Gasteiger partial charge is 0.0163 e. The second-order valence-electron chi connectivity index (χ2n) is 5.41. The first-order chi connectivity index (χ1) is 10.9. The minimum atomic E-state index is 1.04. The normalized spacial score (nSPS) is 15.8. The Bertz CT molecular complexity index is 699. The van der Waals surface area contributed by atoms with E-state index < -0.39 is 0 Å². The Hall–Kier alpha value is -2.60. The Labute approximate surface area is 132 Å². The monoisotopic (exact) mass is 284 g/mol. The molecule has 3 rings (SSSR count). The van der Waals surface area contributed by atoms with Crippen LogP contribution < -0.4 is 10.4 Å². The number of hydrogen-bond donors (Lipinski definition) is 0. The molecule has 0 heteroatoms. The van der Waals surface area contributed by atoms with Crippen molar-refractivity contribution < 1.29 is 0 Å². The lowest BCUT2D eigenvalue weighted by Crippen LogP contribution is -2.06. The van der Waals surface area contributed by atoms with Gasteiger partial charge >= 0.3 is 0 Å². The third-order valence-corrected chi connectivity index (χ3v) is 3.66. The molecule has 0 unspecified atom stereocenters. The highest BCUT2D eigenvalue weighted by Gasteiger charge is 1.89. The van der Waals surface area contributed by atoms with E-state index in [4.69, 9.17) is 0 Å². The van der Waals surface area contributed by atoms with Crippen molar-refractivity contribution in [2.24, 2.45) is 0 Å². The van der Waals surface area contributed by atoms with E-state index in [1.807, 2.05) is 0 Å². The van der Waals surface area contributed by atoms with Crippen molar-refractivity contribution in [3.63, 3.8) is 0 Å². The molecule has 1 aromatic carbocycles. The Morgan fingerprint density at radius 1 is 0.500 bits per heavy atom. The van der Waals surface area contributed by atoms with Crippen molar-refractivity contribution in [1.82, 2.24) is 0 Å². The molecule has 0 saturated carbocycles. The van der Waals surface area contributed by atoms with E-state index in [9.17, 15) is 0 Å². The van der Waals surface area contributed by atoms with Crippen LogP contribution in [0.2, 0.25) is 0 Å². The van der Waals surface area contributed by atoms with Gasteiger partial charge in [0.1, 0.15) is 0 Å². The van der Waals surface area contributed by atoms with Crippen molar-refractivity contribution >= 4 is 12.2 Å². The van der Waals surface area contributed by atoms with Crippen LogP contribution in [-0.2, 0) is 0 Å². The van der Waals surface area contributed by atoms with Gasteiger partial charge < -0.3 is 0 Å². The fourth-order valence-electron chi connectivity index (χ4n) is 2.41. The van der Waals surface area contributed by atoms with E-state index >= 15 is 0 Å². The summed E-state index contributed by atoms with van der Waals surface area (Å²) < 4.78 is 0. The predicted molar refractivity (Wildman–Crippen MR) is 96.6 cm³/mol. The van der Waals surface area contributed by atoms with Crippen LogP contribution in [0, 0.1) is 0 Å². The minimum absolute atomic E-state index is 1.04. The number of allylic oxidation sites excluding steroid dienone is 12. The third kappa shape index (κ3) is 4.20. The fourth-order valence-corrected chi connectivity index (χ4v) is 2.41. The molecule has 0 bridgehead atoms. The average Bonchev–Trinajstić information content (AvgIpc) is 2.61. The molecule has 22 heavy (non-hydrogen) atoms. The molecule has 2 aliphatic carbocycles. The van der Waals surface area contributed by atoms with Crippen LogP contribution in [0.25, 0.3) is 12.2 Å². The second kappa shape index (κ2) is 7.42. The average molecular weight is 284 g/mol. The molecule has 0 saturated heterocycles. The fraction of sp³-hybridized carbons (Fsp3) is 0.0909. The zero-order chi connectivity index (χ0) is 15.0. The molecule has 0 atom stereocenters. The van der Waals surface area contributed by atoms with Gasteiger partial charge in [0.25, 0.3) is 0 Å². The number of benzene rings is 1. The number of hydrogen-bond acceptors (Lipinski definition) is 0. The van der Waals surface area contributed by atoms with E-state index in [0.29, 0.717) is 0 Å². The van der Waals surface area contributed by atoms with Crippen LogP contribution in [-0.4, -0.2) is 0 Å². The van der Waals surface area contributed by atoms with Gasteiger partial charge in [-0.15, -0.1) is 0 Å². The summed E-state index contributed by atoms with van der Waals surface area (Å²) in [6.07, 6.45) is 28.1. The van der Waals surface area contributed by atoms with Gasteiger partial charge in [-0.1, -0.05) is 97.2 Å². The van der Waals surface area contributed by atoms with Crippen LogP contribution >= 0.6 is 0 Å². The molecule has 0 radical (unpaired) electrons. The Balaban J connectivity index is 1.78. The minimum Gasteiger partial charge on any atom is -0.0801 e. The summed E-state index contributed by atoms with van der Waals surface area (Å²) >= 11 is 0. The van der Waals surface area contributed by atoms with E-state index in [1.165, 1.54) is 21.6 Å². The highest BCUT2D eigenvalue weighted by Crippen LogP contribution is 2.08. The van der Waals surface area contributed by atoms with Crippen molar-refractivity contribution in [2.75, 3.05) is 0 Å². The van der Waals surface area contributed by atoms with E-state index in [2.05, 4.69) is 97.2 Å². The van der Waals surface area contributed by atoms with E-state index in [-0.39, 0.29) is 0 Å². The van der Waals surface area contributed by atoms with Crippen LogP contribution in [0.15, 0.2) is 96.2 Å². The summed E-state index contributed by atoms with van der Waals surface area (Å²) in [5, 5.41) is 2.45. The highest BCUT2D eigenvalue weighted by molar-refractivity contribution is 5.49. The first-order valence-electron chi connectivity index (χ1n) is 7.76. The molecule has 0 amide bonds. The van der Waals surface area contributed by atoms with E-state index in [1.54, 1.807) is 0 Å². The van der Waals surface area contributed by atoms with Crippen molar-refractivity contribution in [3.8, 4) is 0 Å². The van der Waals surface area contributed by atoms with Gasteiger partial charge in [0.2, 0.25) is 0 Å². The second-order valence-corrected chi connectivity index (χ2v) is 5.41. The largest absolute Gasteiger partial charge is 0.0801 e. The third-order valence-electron chi connectivity index (χ3n) is 3.66. The molecule has 0 spiro atoms. The van der Waals surface area contributed by atoms with Gasteiger partial charge in [0.05, 0.1) is 0 Å². The maximum absolute atomic E-state index is 2.18. The molecule has 0 heterocycles. The van der Waals surface area contributed by atoms with Gasteiger partial charge in [-0.25, -0.2) is 0 Å². The maximum Gasteiger partial charge on any atom is -0.0163 e. The molecule has 1 aromatic rings. The van der Waals surface area contributed by atoms with Gasteiger partial charge in [0.15, 0.2) is 0 Å². The Kier molecular flexibility index (Phi) is 4.84. The molecule has 0 nitrogen and oxygen atoms in total. The van der Waals surface area contributed by atoms with Gasteiger partial charge in [-0.05, 0) is 34.4 Å². The van der Waals surface area contributed by atoms with Crippen molar-refractivity contribution in [1.29, 1.82) is 0 Å². The summed E-state index contributed by atoms with van der Waals surface area (Å²) in [5.41, 5.74) is 2.50. The molecule has 0 aromatic heterocycles. The van der Waals surface area contributed by atoms with Gasteiger partial charge in [0, 0.05) is 0 Å². The summed E-state index contributed by atoms with van der Waals surface area (Å²) in [7, 11) is 0. The zero-order valence-electron chi connectivity index (χ0n) is 12.7. The predicted octanol–water partition coefficient (Wildman–Crippen LogP) is 4.13. The summed E-state index contributed by atoms with van der Waals surface area (Å²) in [4.78, 5) is 0. The highest BCUT2D eigenvalue weighted by atomic mass is 14.0. The number of rotatable bonds is 2. The first kappa shape index (κ1) is 14.3. The van der Waals surface area contributed by atoms with Gasteiger partial charge in [-0.2, -0.15) is 0 Å². The Morgan fingerprint density at radius 3 is 1.23 bits per heavy atom. The standard InChI is InChI=1S/C22H20/c1-3-7-19(8-4-1)11-13-21-15-17-22(18-16-21)14-12-20-9-5-2-6-10-20/h3-18H,1-2H2. The molecule has 0 aliphatic heterocycles. The van der Waals surface area contributed by atoms with Crippen molar-refractivity contribution in [3.05, 3.63) is 107 Å². The summed E-state index contributed by atoms with van der Waals surface area (Å²) in [6, 6.07) is 8.63. The van der Waals surface area contributed by atoms with Crippen molar-refractivity contribution in [2.45, 2.75) is 12.8 Å². The molecule has 108 valence electrons. The van der Waals surface area contributed by atoms with Crippen LogP contribution in [0.1, 0.15) is 12.8 Å². The lowest BCUT2D eigenvalue weighted by Gasteiger charge is -1.97. The quantitative estimate of drug-likeness (QED) is 0.766. The lowest BCUT2D eigenvalue weighted by atomic mass is 10.1. The summed E-state index contributed by atoms with van der Waals surface area (Å²) in [5.74, 6) is 0. The molecule has 2 aliphatic rings. The zero-order valence-corrected chi connectivity index (χ0v) is 12.7. The maximum atomic E-state index is 2.18. The topological polar surface area (TPSA) is 0 Å². The van der Waals surface area contributed by atoms with Crippen LogP contribution in [0.5, 0.6) is 0 Å². The Morgan fingerprint density at radius 2 is 0.864 bits per heavy atom. The van der Waals surface area contributed by atoms with Crippen LogP contribution in [0.3, 0.4) is 0 Å². The lowest BCUT2D eigenvalue weighted by molar-refractivity contribution is 1.34. The SMILES string of the molecule is C1=CC(=CC=c2ccc(=CC=C3C=CCC=C3)cc2)C=CC1.